The standard InChI is InChI=1S/C15H21N3/c1-11-6-12(2)15(13(3)7-11)9-18-8-14(4-5-16)17-10-18/h6-8,10H,4-5,9,16H2,1-3H3. The molecule has 2 rings (SSSR count). The van der Waals surface area contributed by atoms with Gasteiger partial charge in [0, 0.05) is 19.2 Å². The van der Waals surface area contributed by atoms with Crippen LogP contribution in [0.4, 0.5) is 0 Å². The summed E-state index contributed by atoms with van der Waals surface area (Å²) in [6.07, 6.45) is 4.83. The molecule has 1 aromatic heterocycles. The second-order valence-electron chi connectivity index (χ2n) is 4.95. The van der Waals surface area contributed by atoms with Crippen LogP contribution < -0.4 is 5.73 Å². The van der Waals surface area contributed by atoms with E-state index in [9.17, 15) is 0 Å². The smallest absolute Gasteiger partial charge is 0.0952 e. The van der Waals surface area contributed by atoms with Crippen molar-refractivity contribution in [1.29, 1.82) is 0 Å². The van der Waals surface area contributed by atoms with Gasteiger partial charge < -0.3 is 10.3 Å². The Kier molecular flexibility index (Phi) is 3.82. The summed E-state index contributed by atoms with van der Waals surface area (Å²) >= 11 is 0. The number of rotatable bonds is 4. The van der Waals surface area contributed by atoms with Gasteiger partial charge in [0.2, 0.25) is 0 Å². The largest absolute Gasteiger partial charge is 0.333 e. The Morgan fingerprint density at radius 3 is 2.44 bits per heavy atom. The summed E-state index contributed by atoms with van der Waals surface area (Å²) in [7, 11) is 0. The summed E-state index contributed by atoms with van der Waals surface area (Å²) in [5.41, 5.74) is 12.0. The third kappa shape index (κ3) is 2.79. The van der Waals surface area contributed by atoms with Crippen molar-refractivity contribution >= 4 is 0 Å². The predicted octanol–water partition coefficient (Wildman–Crippen LogP) is 2.36. The molecule has 0 amide bonds. The first-order valence-corrected chi connectivity index (χ1v) is 6.37. The van der Waals surface area contributed by atoms with E-state index in [4.69, 9.17) is 5.73 Å². The first-order valence-electron chi connectivity index (χ1n) is 6.37. The van der Waals surface area contributed by atoms with Crippen molar-refractivity contribution in [2.24, 2.45) is 5.73 Å². The molecule has 0 aliphatic heterocycles. The molecule has 3 nitrogen and oxygen atoms in total. The third-order valence-electron chi connectivity index (χ3n) is 3.27. The molecular weight excluding hydrogens is 222 g/mol. The van der Waals surface area contributed by atoms with Crippen LogP contribution in [0.5, 0.6) is 0 Å². The van der Waals surface area contributed by atoms with Crippen LogP contribution in [0.25, 0.3) is 0 Å². The molecule has 2 aromatic rings. The maximum Gasteiger partial charge on any atom is 0.0952 e. The van der Waals surface area contributed by atoms with Crippen molar-refractivity contribution in [1.82, 2.24) is 9.55 Å². The SMILES string of the molecule is Cc1cc(C)c(Cn2cnc(CCN)c2)c(C)c1. The van der Waals surface area contributed by atoms with E-state index in [-0.39, 0.29) is 0 Å². The van der Waals surface area contributed by atoms with Crippen molar-refractivity contribution in [2.75, 3.05) is 6.54 Å². The van der Waals surface area contributed by atoms with E-state index < -0.39 is 0 Å². The van der Waals surface area contributed by atoms with Crippen molar-refractivity contribution < 1.29 is 0 Å². The maximum absolute atomic E-state index is 5.54. The number of hydrogen-bond acceptors (Lipinski definition) is 2. The molecule has 1 heterocycles. The molecule has 0 unspecified atom stereocenters. The number of nitrogens with zero attached hydrogens (tertiary/aromatic N) is 2. The molecule has 0 bridgehead atoms. The predicted molar refractivity (Wildman–Crippen MR) is 74.7 cm³/mol. The summed E-state index contributed by atoms with van der Waals surface area (Å²) in [5.74, 6) is 0. The zero-order chi connectivity index (χ0) is 13.1. The summed E-state index contributed by atoms with van der Waals surface area (Å²) in [5, 5.41) is 0. The normalized spacial score (nSPS) is 10.9. The van der Waals surface area contributed by atoms with Gasteiger partial charge in [0.1, 0.15) is 0 Å². The Labute approximate surface area is 109 Å². The van der Waals surface area contributed by atoms with Gasteiger partial charge in [-0.15, -0.1) is 0 Å². The van der Waals surface area contributed by atoms with Gasteiger partial charge in [0.05, 0.1) is 12.0 Å². The van der Waals surface area contributed by atoms with Gasteiger partial charge in [-0.05, 0) is 44.0 Å². The van der Waals surface area contributed by atoms with Crippen LogP contribution in [0.1, 0.15) is 27.9 Å². The number of hydrogen-bond donors (Lipinski definition) is 1. The van der Waals surface area contributed by atoms with Crippen LogP contribution in [-0.4, -0.2) is 16.1 Å². The number of imidazole rings is 1. The van der Waals surface area contributed by atoms with Crippen molar-refractivity contribution in [3.05, 3.63) is 52.6 Å². The first kappa shape index (κ1) is 12.8. The van der Waals surface area contributed by atoms with Crippen LogP contribution in [0, 0.1) is 20.8 Å². The molecule has 0 saturated heterocycles. The highest BCUT2D eigenvalue weighted by molar-refractivity contribution is 5.37. The molecule has 96 valence electrons. The lowest BCUT2D eigenvalue weighted by Crippen LogP contribution is -2.04. The second kappa shape index (κ2) is 5.36. The van der Waals surface area contributed by atoms with Crippen LogP contribution in [-0.2, 0) is 13.0 Å². The van der Waals surface area contributed by atoms with Gasteiger partial charge in [-0.25, -0.2) is 4.98 Å². The molecule has 18 heavy (non-hydrogen) atoms. The quantitative estimate of drug-likeness (QED) is 0.896. The molecule has 0 fully saturated rings. The zero-order valence-electron chi connectivity index (χ0n) is 11.4. The van der Waals surface area contributed by atoms with E-state index in [0.717, 1.165) is 18.7 Å². The van der Waals surface area contributed by atoms with E-state index in [1.54, 1.807) is 0 Å². The second-order valence-corrected chi connectivity index (χ2v) is 4.95. The highest BCUT2D eigenvalue weighted by Gasteiger charge is 2.05. The highest BCUT2D eigenvalue weighted by Crippen LogP contribution is 2.17. The number of nitrogens with two attached hydrogens (primary N) is 1. The number of aryl methyl sites for hydroxylation is 3. The molecule has 0 radical (unpaired) electrons. The fourth-order valence-electron chi connectivity index (χ4n) is 2.41. The van der Waals surface area contributed by atoms with Crippen molar-refractivity contribution in [2.45, 2.75) is 33.7 Å². The molecule has 0 saturated carbocycles. The molecule has 0 atom stereocenters. The van der Waals surface area contributed by atoms with Gasteiger partial charge in [-0.1, -0.05) is 17.7 Å². The number of benzene rings is 1. The van der Waals surface area contributed by atoms with Crippen LogP contribution in [0.3, 0.4) is 0 Å². The third-order valence-corrected chi connectivity index (χ3v) is 3.27. The molecule has 3 heteroatoms. The molecular formula is C15H21N3. The maximum atomic E-state index is 5.54. The Morgan fingerprint density at radius 2 is 1.83 bits per heavy atom. The first-order chi connectivity index (χ1) is 8.60. The Hall–Kier alpha value is -1.61. The van der Waals surface area contributed by atoms with Gasteiger partial charge in [-0.3, -0.25) is 0 Å². The lowest BCUT2D eigenvalue weighted by Gasteiger charge is -2.11. The Bertz CT molecular complexity index is 517. The van der Waals surface area contributed by atoms with E-state index in [2.05, 4.69) is 48.7 Å². The zero-order valence-corrected chi connectivity index (χ0v) is 11.4. The lowest BCUT2D eigenvalue weighted by atomic mass is 10.00. The number of aromatic nitrogens is 2. The molecule has 0 aliphatic rings. The van der Waals surface area contributed by atoms with E-state index in [0.29, 0.717) is 6.54 Å². The summed E-state index contributed by atoms with van der Waals surface area (Å²) in [6, 6.07) is 4.47. The molecule has 0 spiro atoms. The topological polar surface area (TPSA) is 43.8 Å². The minimum atomic E-state index is 0.652. The average Bonchev–Trinajstić information content (AvgIpc) is 2.72. The summed E-state index contributed by atoms with van der Waals surface area (Å²) in [6.45, 7) is 8.02. The van der Waals surface area contributed by atoms with Crippen LogP contribution in [0.15, 0.2) is 24.7 Å². The molecule has 1 aromatic carbocycles. The minimum absolute atomic E-state index is 0.652. The average molecular weight is 243 g/mol. The van der Waals surface area contributed by atoms with E-state index >= 15 is 0 Å². The van der Waals surface area contributed by atoms with E-state index in [1.165, 1.54) is 22.3 Å². The monoisotopic (exact) mass is 243 g/mol. The van der Waals surface area contributed by atoms with Gasteiger partial charge in [0.25, 0.3) is 0 Å². The minimum Gasteiger partial charge on any atom is -0.333 e. The van der Waals surface area contributed by atoms with Crippen molar-refractivity contribution in [3.63, 3.8) is 0 Å². The molecule has 2 N–H and O–H groups in total. The fourth-order valence-corrected chi connectivity index (χ4v) is 2.41. The summed E-state index contributed by atoms with van der Waals surface area (Å²) < 4.78 is 2.13. The highest BCUT2D eigenvalue weighted by atomic mass is 15.0. The van der Waals surface area contributed by atoms with Gasteiger partial charge in [-0.2, -0.15) is 0 Å². The van der Waals surface area contributed by atoms with Gasteiger partial charge >= 0.3 is 0 Å². The fraction of sp³-hybridized carbons (Fsp3) is 0.400. The van der Waals surface area contributed by atoms with Crippen molar-refractivity contribution in [3.8, 4) is 0 Å². The summed E-state index contributed by atoms with van der Waals surface area (Å²) in [4.78, 5) is 4.36. The van der Waals surface area contributed by atoms with E-state index in [1.807, 2.05) is 6.33 Å². The lowest BCUT2D eigenvalue weighted by molar-refractivity contribution is 0.784. The van der Waals surface area contributed by atoms with Crippen LogP contribution >= 0.6 is 0 Å². The molecule has 0 aliphatic carbocycles. The Morgan fingerprint density at radius 1 is 1.17 bits per heavy atom. The van der Waals surface area contributed by atoms with Crippen LogP contribution in [0.2, 0.25) is 0 Å². The van der Waals surface area contributed by atoms with Gasteiger partial charge in [0.15, 0.2) is 0 Å². The Balaban J connectivity index is 2.22.